The molecule has 3 aromatic carbocycles. The van der Waals surface area contributed by atoms with Crippen LogP contribution in [-0.2, 0) is 16.5 Å². The van der Waals surface area contributed by atoms with Gasteiger partial charge < -0.3 is 4.98 Å². The summed E-state index contributed by atoms with van der Waals surface area (Å²) < 4.78 is 0. The molecule has 133 valence electrons. The molecule has 1 aromatic heterocycles. The zero-order chi connectivity index (χ0) is 18.0. The van der Waals surface area contributed by atoms with Gasteiger partial charge in [-0.3, -0.25) is 6.58 Å². The summed E-state index contributed by atoms with van der Waals surface area (Å²) in [6.45, 7) is 5.22. The normalized spacial score (nSPS) is 9.33. The summed E-state index contributed by atoms with van der Waals surface area (Å²) >= 11 is 0. The number of hydrogen-bond acceptors (Lipinski definition) is 1. The maximum absolute atomic E-state index is 5.22. The van der Waals surface area contributed by atoms with Gasteiger partial charge in [0.2, 0.25) is 0 Å². The smallest absolute Gasteiger partial charge is 0.345 e. The predicted molar refractivity (Wildman–Crippen MR) is 108 cm³/mol. The molecule has 0 saturated heterocycles. The van der Waals surface area contributed by atoms with Crippen molar-refractivity contribution >= 4 is 6.08 Å². The molecule has 0 atom stereocenters. The van der Waals surface area contributed by atoms with Crippen molar-refractivity contribution in [1.82, 2.24) is 4.98 Å². The quantitative estimate of drug-likeness (QED) is 0.302. The summed E-state index contributed by atoms with van der Waals surface area (Å²) in [7, 11) is 0. The molecule has 1 heterocycles. The molecule has 0 amide bonds. The number of pyridine rings is 1. The third kappa shape index (κ3) is 6.06. The molecule has 1 nitrogen and oxygen atoms in total. The van der Waals surface area contributed by atoms with E-state index >= 15 is 0 Å². The molecule has 4 aromatic rings. The molecular weight excluding hydrogens is 373 g/mol. The first-order valence-electron chi connectivity index (χ1n) is 8.38. The third-order valence-electron chi connectivity index (χ3n) is 3.71. The predicted octanol–water partition coefficient (Wildman–Crippen LogP) is 6.15. The molecule has 0 aliphatic heterocycles. The van der Waals surface area contributed by atoms with Crippen molar-refractivity contribution < 1.29 is 16.5 Å². The van der Waals surface area contributed by atoms with Gasteiger partial charge in [0.05, 0.1) is 0 Å². The van der Waals surface area contributed by atoms with E-state index in [1.165, 1.54) is 0 Å². The van der Waals surface area contributed by atoms with E-state index in [1.807, 2.05) is 97.1 Å². The molecule has 4 rings (SSSR count). The first-order valence-corrected chi connectivity index (χ1v) is 8.38. The zero-order valence-electron chi connectivity index (χ0n) is 14.7. The van der Waals surface area contributed by atoms with Crippen LogP contribution in [0.1, 0.15) is 5.56 Å². The van der Waals surface area contributed by atoms with Gasteiger partial charge in [0.1, 0.15) is 0 Å². The molecule has 2 heteroatoms. The van der Waals surface area contributed by atoms with Gasteiger partial charge >= 0.3 is 16.5 Å². The average Bonchev–Trinajstić information content (AvgIpc) is 2.76. The maximum atomic E-state index is 5.22. The van der Waals surface area contributed by atoms with E-state index in [9.17, 15) is 0 Å². The van der Waals surface area contributed by atoms with E-state index in [1.54, 1.807) is 6.08 Å². The van der Waals surface area contributed by atoms with Crippen molar-refractivity contribution in [2.75, 3.05) is 0 Å². The monoisotopic (exact) mass is 390 g/mol. The van der Waals surface area contributed by atoms with Crippen LogP contribution in [-0.4, -0.2) is 4.98 Å². The Morgan fingerprint density at radius 2 is 1.15 bits per heavy atom. The Labute approximate surface area is 171 Å². The second kappa shape index (κ2) is 10.9. The summed E-state index contributed by atoms with van der Waals surface area (Å²) in [5.74, 6) is 0. The van der Waals surface area contributed by atoms with E-state index in [2.05, 4.69) is 17.1 Å². The fourth-order valence-electron chi connectivity index (χ4n) is 2.40. The van der Waals surface area contributed by atoms with Crippen molar-refractivity contribution in [3.05, 3.63) is 121 Å². The largest absolute Gasteiger partial charge is 3.00 e. The van der Waals surface area contributed by atoms with Crippen molar-refractivity contribution in [3.8, 4) is 22.5 Å². The topological polar surface area (TPSA) is 12.9 Å². The molecule has 0 bridgehead atoms. The van der Waals surface area contributed by atoms with Gasteiger partial charge in [-0.2, -0.15) is 5.56 Å². The first kappa shape index (κ1) is 20.4. The van der Waals surface area contributed by atoms with Gasteiger partial charge in [0, 0.05) is 0 Å². The van der Waals surface area contributed by atoms with Crippen molar-refractivity contribution in [2.24, 2.45) is 0 Å². The second-order valence-corrected chi connectivity index (χ2v) is 5.54. The van der Waals surface area contributed by atoms with Crippen LogP contribution < -0.4 is 0 Å². The minimum atomic E-state index is 0. The van der Waals surface area contributed by atoms with Gasteiger partial charge in [-0.1, -0.05) is 36.4 Å². The van der Waals surface area contributed by atoms with E-state index in [4.69, 9.17) is 6.58 Å². The van der Waals surface area contributed by atoms with E-state index in [-0.39, 0.29) is 16.5 Å². The Bertz CT molecular complexity index is 881. The standard InChI is InChI=1S/C17H11N.C8H7.Ni/c1-3-8-14(9-4-1)16-12-7-13-17(18-16)15-10-5-2-6-11-15;1-2-8-6-4-3-5-7-8;/h1-8,10,12-13H;1-7H;/q-2;-1;+3. The molecule has 0 unspecified atom stereocenters. The molecule has 0 aliphatic carbocycles. The zero-order valence-corrected chi connectivity index (χ0v) is 15.6. The number of aromatic nitrogens is 1. The summed E-state index contributed by atoms with van der Waals surface area (Å²) in [5.41, 5.74) is 4.95. The van der Waals surface area contributed by atoms with Gasteiger partial charge in [0.25, 0.3) is 0 Å². The van der Waals surface area contributed by atoms with Crippen molar-refractivity contribution in [2.45, 2.75) is 0 Å². The third-order valence-corrected chi connectivity index (χ3v) is 3.71. The second-order valence-electron chi connectivity index (χ2n) is 5.54. The van der Waals surface area contributed by atoms with Gasteiger partial charge in [-0.15, -0.1) is 83.9 Å². The SMILES string of the molecule is [CH-]=Cc1ccccc1.[Ni+3].[c-]1ccccc1-c1cccc(-c2[c-]cccc2)n1. The Hall–Kier alpha value is -2.96. The minimum absolute atomic E-state index is 0. The van der Waals surface area contributed by atoms with Crippen LogP contribution in [0.2, 0.25) is 0 Å². The fraction of sp³-hybridized carbons (Fsp3) is 0. The minimum Gasteiger partial charge on any atom is -0.345 e. The molecule has 27 heavy (non-hydrogen) atoms. The van der Waals surface area contributed by atoms with E-state index < -0.39 is 0 Å². The van der Waals surface area contributed by atoms with Crippen LogP contribution in [0.3, 0.4) is 0 Å². The summed E-state index contributed by atoms with van der Waals surface area (Å²) in [5, 5.41) is 0. The van der Waals surface area contributed by atoms with Crippen LogP contribution >= 0.6 is 0 Å². The van der Waals surface area contributed by atoms with Gasteiger partial charge in [-0.05, 0) is 11.4 Å². The summed E-state index contributed by atoms with van der Waals surface area (Å²) in [6, 6.07) is 37.9. The fourth-order valence-corrected chi connectivity index (χ4v) is 2.40. The molecule has 0 N–H and O–H groups in total. The number of rotatable bonds is 3. The number of hydrogen-bond donors (Lipinski definition) is 0. The Kier molecular flexibility index (Phi) is 8.22. The van der Waals surface area contributed by atoms with Crippen LogP contribution in [0.15, 0.2) is 97.1 Å². The van der Waals surface area contributed by atoms with Crippen LogP contribution in [0.5, 0.6) is 0 Å². The van der Waals surface area contributed by atoms with E-state index in [0.717, 1.165) is 28.1 Å². The van der Waals surface area contributed by atoms with Crippen molar-refractivity contribution in [3.63, 3.8) is 0 Å². The van der Waals surface area contributed by atoms with Crippen LogP contribution in [0.25, 0.3) is 28.6 Å². The maximum Gasteiger partial charge on any atom is 3.00 e. The van der Waals surface area contributed by atoms with Crippen LogP contribution in [0.4, 0.5) is 0 Å². The Morgan fingerprint density at radius 1 is 0.630 bits per heavy atom. The molecule has 0 saturated carbocycles. The summed E-state index contributed by atoms with van der Waals surface area (Å²) in [6.07, 6.45) is 1.58. The Balaban J connectivity index is 0.000000247. The molecule has 0 fully saturated rings. The molecule has 0 aliphatic rings. The summed E-state index contributed by atoms with van der Waals surface area (Å²) in [4.78, 5) is 4.65. The van der Waals surface area contributed by atoms with Gasteiger partial charge in [-0.25, -0.2) is 6.08 Å². The molecule has 1 radical (unpaired) electrons. The average molecular weight is 391 g/mol. The van der Waals surface area contributed by atoms with E-state index in [0.29, 0.717) is 0 Å². The van der Waals surface area contributed by atoms with Crippen LogP contribution in [0, 0.1) is 18.7 Å². The molecule has 0 spiro atoms. The molecular formula is C25H18NNi. The number of benzene rings is 3. The van der Waals surface area contributed by atoms with Gasteiger partial charge in [0.15, 0.2) is 0 Å². The Morgan fingerprint density at radius 3 is 1.56 bits per heavy atom. The number of nitrogens with zero attached hydrogens (tertiary/aromatic N) is 1. The van der Waals surface area contributed by atoms with Crippen molar-refractivity contribution in [1.29, 1.82) is 0 Å². The first-order chi connectivity index (χ1) is 12.9.